The van der Waals surface area contributed by atoms with Crippen LogP contribution in [0.1, 0.15) is 28.8 Å². The van der Waals surface area contributed by atoms with Crippen molar-refractivity contribution in [3.05, 3.63) is 64.7 Å². The molecule has 1 atom stereocenters. The zero-order valence-electron chi connectivity index (χ0n) is 16.0. The number of piperidine rings is 3. The van der Waals surface area contributed by atoms with Gasteiger partial charge in [0.2, 0.25) is 0 Å². The maximum Gasteiger partial charge on any atom is 0.414 e. The molecule has 6 nitrogen and oxygen atoms in total. The molecule has 3 aliphatic rings. The second kappa shape index (κ2) is 8.43. The highest BCUT2D eigenvalue weighted by Crippen LogP contribution is 2.31. The third kappa shape index (κ3) is 4.54. The highest BCUT2D eigenvalue weighted by Gasteiger charge is 2.37. The number of amides is 1. The van der Waals surface area contributed by atoms with Gasteiger partial charge in [-0.3, -0.25) is 9.80 Å². The normalized spacial score (nSPS) is 22.9. The summed E-state index contributed by atoms with van der Waals surface area (Å²) in [7, 11) is 0. The van der Waals surface area contributed by atoms with Crippen LogP contribution in [-0.4, -0.2) is 47.8 Å². The number of hydrogen-bond acceptors (Lipinski definition) is 4. The Kier molecular flexibility index (Phi) is 5.74. The van der Waals surface area contributed by atoms with Gasteiger partial charge in [-0.05, 0) is 67.7 Å². The van der Waals surface area contributed by atoms with Crippen LogP contribution in [0.5, 0.6) is 0 Å². The minimum Gasteiger partial charge on any atom is -0.478 e. The molecule has 2 bridgehead atoms. The van der Waals surface area contributed by atoms with E-state index in [0.29, 0.717) is 22.2 Å². The molecule has 2 aromatic carbocycles. The summed E-state index contributed by atoms with van der Waals surface area (Å²) in [5, 5.41) is 9.77. The molecule has 1 amide bonds. The lowest BCUT2D eigenvalue weighted by molar-refractivity contribution is -0.0311. The van der Waals surface area contributed by atoms with Gasteiger partial charge in [0.15, 0.2) is 0 Å². The number of hydrogen-bond donors (Lipinski definition) is 1. The lowest BCUT2D eigenvalue weighted by atomic mass is 9.86. The summed E-state index contributed by atoms with van der Waals surface area (Å²) < 4.78 is 5.92. The minimum absolute atomic E-state index is 0.114. The van der Waals surface area contributed by atoms with Crippen molar-refractivity contribution in [2.24, 2.45) is 5.92 Å². The van der Waals surface area contributed by atoms with Crippen molar-refractivity contribution in [1.29, 1.82) is 0 Å². The maximum atomic E-state index is 13.1. The van der Waals surface area contributed by atoms with Crippen LogP contribution in [0, 0.1) is 5.92 Å². The van der Waals surface area contributed by atoms with Crippen LogP contribution in [0.15, 0.2) is 48.5 Å². The number of anilines is 1. The fourth-order valence-electron chi connectivity index (χ4n) is 4.13. The van der Waals surface area contributed by atoms with Gasteiger partial charge in [0.05, 0.1) is 12.1 Å². The summed E-state index contributed by atoms with van der Waals surface area (Å²) in [4.78, 5) is 28.3. The molecule has 2 aromatic rings. The molecule has 0 aromatic heterocycles. The second-order valence-electron chi connectivity index (χ2n) is 7.63. The number of ether oxygens (including phenoxy) is 1. The monoisotopic (exact) mass is 414 g/mol. The molecule has 5 rings (SSSR count). The summed E-state index contributed by atoms with van der Waals surface area (Å²) in [6.45, 7) is 3.10. The van der Waals surface area contributed by atoms with E-state index in [1.54, 1.807) is 42.5 Å². The molecule has 152 valence electrons. The number of aromatic carboxylic acids is 1. The van der Waals surface area contributed by atoms with E-state index in [4.69, 9.17) is 16.3 Å². The van der Waals surface area contributed by atoms with Crippen molar-refractivity contribution in [3.8, 4) is 0 Å². The number of fused-ring (bicyclic) bond motifs is 3. The first-order valence-corrected chi connectivity index (χ1v) is 10.2. The van der Waals surface area contributed by atoms with Crippen molar-refractivity contribution in [2.75, 3.05) is 24.5 Å². The molecule has 0 unspecified atom stereocenters. The average molecular weight is 415 g/mol. The molecular weight excluding hydrogens is 392 g/mol. The van der Waals surface area contributed by atoms with Crippen LogP contribution in [-0.2, 0) is 11.3 Å². The molecular formula is C22H23ClN2O4. The average Bonchev–Trinajstić information content (AvgIpc) is 2.73. The molecule has 0 spiro atoms. The van der Waals surface area contributed by atoms with Crippen LogP contribution in [0.2, 0.25) is 5.02 Å². The lowest BCUT2D eigenvalue weighted by Crippen LogP contribution is -2.53. The van der Waals surface area contributed by atoms with Gasteiger partial charge in [-0.25, -0.2) is 9.59 Å². The van der Waals surface area contributed by atoms with Crippen LogP contribution in [0.4, 0.5) is 10.5 Å². The molecule has 3 heterocycles. The Bertz CT molecular complexity index is 911. The van der Waals surface area contributed by atoms with Gasteiger partial charge in [0.1, 0.15) is 6.10 Å². The highest BCUT2D eigenvalue weighted by molar-refractivity contribution is 6.30. The Morgan fingerprint density at radius 1 is 1.14 bits per heavy atom. The number of halogens is 1. The summed E-state index contributed by atoms with van der Waals surface area (Å²) in [6, 6.07) is 13.6. The first kappa shape index (κ1) is 19.7. The number of nitrogens with zero attached hydrogens (tertiary/aromatic N) is 2. The Balaban J connectivity index is 1.57. The maximum absolute atomic E-state index is 13.1. The fourth-order valence-corrected chi connectivity index (χ4v) is 4.31. The molecule has 3 fully saturated rings. The Morgan fingerprint density at radius 3 is 2.55 bits per heavy atom. The summed E-state index contributed by atoms with van der Waals surface area (Å²) in [6.07, 6.45) is 1.55. The molecule has 3 saturated heterocycles. The highest BCUT2D eigenvalue weighted by atomic mass is 35.5. The van der Waals surface area contributed by atoms with Crippen LogP contribution < -0.4 is 4.90 Å². The topological polar surface area (TPSA) is 70.1 Å². The van der Waals surface area contributed by atoms with Crippen molar-refractivity contribution >= 4 is 29.4 Å². The molecule has 0 radical (unpaired) electrons. The number of carboxylic acid groups (broad SMARTS) is 1. The van der Waals surface area contributed by atoms with E-state index in [-0.39, 0.29) is 18.2 Å². The van der Waals surface area contributed by atoms with Crippen LogP contribution in [0.25, 0.3) is 0 Å². The Morgan fingerprint density at radius 2 is 1.90 bits per heavy atom. The number of carbonyl (C=O) groups excluding carboxylic acids is 1. The third-order valence-corrected chi connectivity index (χ3v) is 5.94. The smallest absolute Gasteiger partial charge is 0.414 e. The Labute approximate surface area is 174 Å². The first-order chi connectivity index (χ1) is 14.0. The molecule has 0 aliphatic carbocycles. The van der Waals surface area contributed by atoms with Gasteiger partial charge in [-0.1, -0.05) is 29.8 Å². The minimum atomic E-state index is -1.00. The fraction of sp³-hybridized carbons (Fsp3) is 0.364. The molecule has 3 aliphatic heterocycles. The van der Waals surface area contributed by atoms with Gasteiger partial charge >= 0.3 is 12.1 Å². The largest absolute Gasteiger partial charge is 0.478 e. The standard InChI is InChI=1S/C22H23ClN2O4/c23-18-5-2-6-19(12-18)25(13-15-3-1-4-17(11-15)21(26)27)22(28)29-20-14-24-9-7-16(20)8-10-24/h1-6,11-12,16,20H,7-10,13-14H2,(H,26,27)/t20-/m0/s1. The van der Waals surface area contributed by atoms with E-state index < -0.39 is 12.1 Å². The third-order valence-electron chi connectivity index (χ3n) is 5.70. The molecule has 29 heavy (non-hydrogen) atoms. The van der Waals surface area contributed by atoms with Crippen LogP contribution >= 0.6 is 11.6 Å². The number of benzene rings is 2. The predicted molar refractivity (Wildman–Crippen MR) is 110 cm³/mol. The summed E-state index contributed by atoms with van der Waals surface area (Å²) in [5.74, 6) is -0.600. The van der Waals surface area contributed by atoms with E-state index in [0.717, 1.165) is 32.5 Å². The summed E-state index contributed by atoms with van der Waals surface area (Å²) in [5.41, 5.74) is 1.50. The van der Waals surface area contributed by atoms with E-state index >= 15 is 0 Å². The Hall–Kier alpha value is -2.57. The van der Waals surface area contributed by atoms with Crippen LogP contribution in [0.3, 0.4) is 0 Å². The quantitative estimate of drug-likeness (QED) is 0.790. The predicted octanol–water partition coefficient (Wildman–Crippen LogP) is 4.28. The molecule has 1 N–H and O–H groups in total. The van der Waals surface area contributed by atoms with Gasteiger partial charge in [-0.2, -0.15) is 0 Å². The van der Waals surface area contributed by atoms with E-state index in [9.17, 15) is 14.7 Å². The van der Waals surface area contributed by atoms with Gasteiger partial charge in [-0.15, -0.1) is 0 Å². The molecule has 7 heteroatoms. The summed E-state index contributed by atoms with van der Waals surface area (Å²) >= 11 is 6.14. The zero-order chi connectivity index (χ0) is 20.4. The van der Waals surface area contributed by atoms with E-state index in [2.05, 4.69) is 4.90 Å². The van der Waals surface area contributed by atoms with Crippen molar-refractivity contribution in [2.45, 2.75) is 25.5 Å². The second-order valence-corrected chi connectivity index (χ2v) is 8.07. The van der Waals surface area contributed by atoms with Gasteiger partial charge < -0.3 is 9.84 Å². The number of rotatable bonds is 5. The van der Waals surface area contributed by atoms with E-state index in [1.807, 2.05) is 0 Å². The van der Waals surface area contributed by atoms with Gasteiger partial charge in [0.25, 0.3) is 0 Å². The van der Waals surface area contributed by atoms with Crippen molar-refractivity contribution in [3.63, 3.8) is 0 Å². The zero-order valence-corrected chi connectivity index (χ0v) is 16.7. The molecule has 0 saturated carbocycles. The number of carbonyl (C=O) groups is 2. The lowest BCUT2D eigenvalue weighted by Gasteiger charge is -2.44. The number of carboxylic acids is 1. The van der Waals surface area contributed by atoms with Crippen molar-refractivity contribution in [1.82, 2.24) is 4.90 Å². The SMILES string of the molecule is O=C(O)c1cccc(CN(C(=O)O[C@H]2CN3CCC2CC3)c2cccc(Cl)c2)c1. The van der Waals surface area contributed by atoms with Gasteiger partial charge in [0, 0.05) is 17.3 Å². The first-order valence-electron chi connectivity index (χ1n) is 9.78. The van der Waals surface area contributed by atoms with E-state index in [1.165, 1.54) is 11.0 Å². The van der Waals surface area contributed by atoms with Crippen molar-refractivity contribution < 1.29 is 19.4 Å².